The zero-order chi connectivity index (χ0) is 23.5. The highest BCUT2D eigenvalue weighted by molar-refractivity contribution is 5.92. The van der Waals surface area contributed by atoms with Crippen LogP contribution in [0.1, 0.15) is 38.6 Å². The van der Waals surface area contributed by atoms with Crippen LogP contribution in [0.3, 0.4) is 0 Å². The molecule has 11 nitrogen and oxygen atoms in total. The summed E-state index contributed by atoms with van der Waals surface area (Å²) in [5.41, 5.74) is 13.4. The van der Waals surface area contributed by atoms with Gasteiger partial charge in [0.1, 0.15) is 5.84 Å². The summed E-state index contributed by atoms with van der Waals surface area (Å²) in [4.78, 5) is 23.9. The summed E-state index contributed by atoms with van der Waals surface area (Å²) in [5.74, 6) is 5.85. The number of anilines is 1. The zero-order valence-corrected chi connectivity index (χ0v) is 18.6. The summed E-state index contributed by atoms with van der Waals surface area (Å²) in [6.07, 6.45) is 4.70. The van der Waals surface area contributed by atoms with Gasteiger partial charge in [0.2, 0.25) is 5.95 Å². The third-order valence-corrected chi connectivity index (χ3v) is 6.11. The van der Waals surface area contributed by atoms with Gasteiger partial charge in [-0.15, -0.1) is 5.10 Å². The topological polar surface area (TPSA) is 160 Å². The molecule has 0 saturated heterocycles. The Morgan fingerprint density at radius 3 is 2.62 bits per heavy atom. The second kappa shape index (κ2) is 9.40. The second-order valence-electron chi connectivity index (χ2n) is 8.48. The summed E-state index contributed by atoms with van der Waals surface area (Å²) < 4.78 is 0. The maximum absolute atomic E-state index is 12.9. The molecule has 0 fully saturated rings. The lowest BCUT2D eigenvalue weighted by atomic mass is 10.1. The van der Waals surface area contributed by atoms with Crippen LogP contribution < -0.4 is 22.4 Å². The van der Waals surface area contributed by atoms with Gasteiger partial charge >= 0.3 is 0 Å². The van der Waals surface area contributed by atoms with Crippen molar-refractivity contribution in [1.29, 1.82) is 0 Å². The highest BCUT2D eigenvalue weighted by Crippen LogP contribution is 2.25. The van der Waals surface area contributed by atoms with E-state index in [0.29, 0.717) is 37.2 Å². The fraction of sp³-hybridized carbons (Fsp3) is 0.304. The van der Waals surface area contributed by atoms with Crippen molar-refractivity contribution in [1.82, 2.24) is 30.6 Å². The third kappa shape index (κ3) is 4.64. The molecule has 11 heteroatoms. The summed E-state index contributed by atoms with van der Waals surface area (Å²) >= 11 is 0. The van der Waals surface area contributed by atoms with Crippen LogP contribution in [0.15, 0.2) is 47.7 Å². The minimum absolute atomic E-state index is 0.180. The van der Waals surface area contributed by atoms with Crippen LogP contribution >= 0.6 is 0 Å². The van der Waals surface area contributed by atoms with Crippen LogP contribution in [0.25, 0.3) is 0 Å². The molecule has 0 saturated carbocycles. The monoisotopic (exact) mass is 458 g/mol. The Kier molecular flexibility index (Phi) is 6.00. The Balaban J connectivity index is 1.21. The summed E-state index contributed by atoms with van der Waals surface area (Å²) in [6.45, 7) is 0.997. The average Bonchev–Trinajstić information content (AvgIpc) is 3.26. The molecular weight excluding hydrogens is 432 g/mol. The van der Waals surface area contributed by atoms with Gasteiger partial charge in [0.25, 0.3) is 5.91 Å². The molecule has 0 bridgehead atoms. The number of carbonyl (C=O) groups is 1. The predicted octanol–water partition coefficient (Wildman–Crippen LogP) is 0.322. The molecule has 0 unspecified atom stereocenters. The van der Waals surface area contributed by atoms with E-state index in [9.17, 15) is 4.79 Å². The van der Waals surface area contributed by atoms with Gasteiger partial charge in [0, 0.05) is 37.3 Å². The number of rotatable bonds is 6. The molecule has 0 spiro atoms. The van der Waals surface area contributed by atoms with Crippen molar-refractivity contribution >= 4 is 17.7 Å². The number of aromatic nitrogens is 4. The molecule has 2 aromatic heterocycles. The first-order chi connectivity index (χ1) is 16.6. The number of amidine groups is 1. The molecule has 3 aromatic rings. The largest absolute Gasteiger partial charge is 0.385 e. The van der Waals surface area contributed by atoms with E-state index in [0.717, 1.165) is 24.1 Å². The lowest BCUT2D eigenvalue weighted by Crippen LogP contribution is -2.37. The molecule has 0 radical (unpaired) electrons. The normalized spacial score (nSPS) is 15.6. The average molecular weight is 459 g/mol. The molecule has 34 heavy (non-hydrogen) atoms. The minimum Gasteiger partial charge on any atom is -0.385 e. The van der Waals surface area contributed by atoms with Crippen molar-refractivity contribution in [2.24, 2.45) is 16.7 Å². The Morgan fingerprint density at radius 2 is 1.91 bits per heavy atom. The Morgan fingerprint density at radius 1 is 1.12 bits per heavy atom. The van der Waals surface area contributed by atoms with Gasteiger partial charge in [-0.2, -0.15) is 10.2 Å². The SMILES string of the molecule is NN/N=C(\N)Cc1ccc(C(=O)N2CCc3nc(NC4Cc5ccccc5C4)ncc3C2)nn1. The number of nitrogens with zero attached hydrogens (tertiary/aromatic N) is 6. The number of nitrogens with two attached hydrogens (primary N) is 2. The number of hydrogen-bond donors (Lipinski definition) is 4. The van der Waals surface area contributed by atoms with Crippen molar-refractivity contribution in [3.8, 4) is 0 Å². The van der Waals surface area contributed by atoms with Gasteiger partial charge in [-0.05, 0) is 36.1 Å². The lowest BCUT2D eigenvalue weighted by Gasteiger charge is -2.28. The first-order valence-electron chi connectivity index (χ1n) is 11.2. The predicted molar refractivity (Wildman–Crippen MR) is 126 cm³/mol. The van der Waals surface area contributed by atoms with E-state index >= 15 is 0 Å². The number of hydrogen-bond acceptors (Lipinski definition) is 9. The van der Waals surface area contributed by atoms with Gasteiger partial charge in [-0.1, -0.05) is 24.3 Å². The molecule has 1 aliphatic heterocycles. The molecule has 0 atom stereocenters. The van der Waals surface area contributed by atoms with E-state index in [1.807, 2.05) is 6.20 Å². The van der Waals surface area contributed by atoms with Crippen molar-refractivity contribution < 1.29 is 4.79 Å². The van der Waals surface area contributed by atoms with E-state index in [1.54, 1.807) is 17.0 Å². The van der Waals surface area contributed by atoms with Crippen molar-refractivity contribution in [2.45, 2.75) is 38.3 Å². The maximum Gasteiger partial charge on any atom is 0.274 e. The molecule has 6 N–H and O–H groups in total. The molecular formula is C23H26N10O. The number of hydrazone groups is 1. The zero-order valence-electron chi connectivity index (χ0n) is 18.6. The highest BCUT2D eigenvalue weighted by Gasteiger charge is 2.26. The fourth-order valence-electron chi connectivity index (χ4n) is 4.44. The summed E-state index contributed by atoms with van der Waals surface area (Å²) in [6, 6.07) is 12.2. The molecule has 1 aliphatic carbocycles. The van der Waals surface area contributed by atoms with Crippen LogP contribution in [-0.2, 0) is 32.2 Å². The van der Waals surface area contributed by atoms with Gasteiger partial charge in [-0.3, -0.25) is 4.79 Å². The van der Waals surface area contributed by atoms with E-state index in [2.05, 4.69) is 55.4 Å². The van der Waals surface area contributed by atoms with Crippen molar-refractivity contribution in [3.63, 3.8) is 0 Å². The smallest absolute Gasteiger partial charge is 0.274 e. The Hall–Kier alpha value is -4.12. The number of nitrogens with one attached hydrogen (secondary N) is 2. The molecule has 5 rings (SSSR count). The quantitative estimate of drug-likeness (QED) is 0.176. The van der Waals surface area contributed by atoms with Gasteiger partial charge < -0.3 is 16.0 Å². The van der Waals surface area contributed by atoms with E-state index in [4.69, 9.17) is 16.6 Å². The molecule has 174 valence electrons. The Bertz CT molecular complexity index is 1200. The first-order valence-corrected chi connectivity index (χ1v) is 11.2. The molecule has 3 heterocycles. The fourth-order valence-corrected chi connectivity index (χ4v) is 4.44. The second-order valence-corrected chi connectivity index (χ2v) is 8.48. The number of amides is 1. The highest BCUT2D eigenvalue weighted by atomic mass is 16.2. The van der Waals surface area contributed by atoms with Gasteiger partial charge in [-0.25, -0.2) is 21.3 Å². The number of carbonyl (C=O) groups excluding carboxylic acids is 1. The third-order valence-electron chi connectivity index (χ3n) is 6.11. The maximum atomic E-state index is 12.9. The van der Waals surface area contributed by atoms with Gasteiger partial charge in [0.05, 0.1) is 17.8 Å². The number of benzene rings is 1. The first kappa shape index (κ1) is 21.7. The van der Waals surface area contributed by atoms with Crippen molar-refractivity contribution in [2.75, 3.05) is 11.9 Å². The van der Waals surface area contributed by atoms with Crippen LogP contribution in [0, 0.1) is 0 Å². The Labute approximate surface area is 196 Å². The van der Waals surface area contributed by atoms with Crippen molar-refractivity contribution in [3.05, 3.63) is 76.4 Å². The van der Waals surface area contributed by atoms with Gasteiger partial charge in [0.15, 0.2) is 5.69 Å². The standard InChI is InChI=1S/C23H26N10O/c24-21(31-32-25)11-17-5-6-20(30-29-17)22(34)33-8-7-19-16(13-33)12-26-23(28-19)27-18-9-14-3-1-2-4-15(14)10-18/h1-6,12,18,32H,7-11,13,25H2,(H2,24,31)(H,26,27,28). The van der Waals surface area contributed by atoms with Crippen LogP contribution in [-0.4, -0.2) is 49.4 Å². The van der Waals surface area contributed by atoms with E-state index in [-0.39, 0.29) is 23.9 Å². The minimum atomic E-state index is -0.180. The van der Waals surface area contributed by atoms with Crippen LogP contribution in [0.4, 0.5) is 5.95 Å². The molecule has 1 amide bonds. The van der Waals surface area contributed by atoms with E-state index < -0.39 is 0 Å². The van der Waals surface area contributed by atoms with Crippen LogP contribution in [0.2, 0.25) is 0 Å². The number of hydrazine groups is 1. The van der Waals surface area contributed by atoms with Crippen LogP contribution in [0.5, 0.6) is 0 Å². The summed E-state index contributed by atoms with van der Waals surface area (Å²) in [5, 5.41) is 15.3. The molecule has 1 aromatic carbocycles. The lowest BCUT2D eigenvalue weighted by molar-refractivity contribution is 0.0726. The number of fused-ring (bicyclic) bond motifs is 2. The summed E-state index contributed by atoms with van der Waals surface area (Å²) in [7, 11) is 0. The molecule has 2 aliphatic rings. The van der Waals surface area contributed by atoms with E-state index in [1.165, 1.54) is 11.1 Å².